The summed E-state index contributed by atoms with van der Waals surface area (Å²) in [6.45, 7) is 4.21. The maximum atomic E-state index is 14.3. The maximum Gasteiger partial charge on any atom is 0.341 e. The van der Waals surface area contributed by atoms with E-state index in [1.807, 2.05) is 0 Å². The van der Waals surface area contributed by atoms with Gasteiger partial charge in [-0.15, -0.1) is 0 Å². The largest absolute Gasteiger partial charge is 0.463 e. The molecule has 0 spiro atoms. The van der Waals surface area contributed by atoms with Crippen molar-refractivity contribution in [3.63, 3.8) is 0 Å². The molecule has 38 heavy (non-hydrogen) atoms. The summed E-state index contributed by atoms with van der Waals surface area (Å²) < 4.78 is 66.6. The monoisotopic (exact) mass is 578 g/mol. The highest BCUT2D eigenvalue weighted by Gasteiger charge is 2.52. The molecule has 1 aromatic heterocycles. The summed E-state index contributed by atoms with van der Waals surface area (Å²) in [4.78, 5) is 47.9. The zero-order chi connectivity index (χ0) is 28.1. The molecular weight excluding hydrogens is 552 g/mol. The van der Waals surface area contributed by atoms with E-state index in [1.165, 1.54) is 6.92 Å². The van der Waals surface area contributed by atoms with Gasteiger partial charge in [0.25, 0.3) is 0 Å². The Morgan fingerprint density at radius 3 is 2.29 bits per heavy atom. The lowest BCUT2D eigenvalue weighted by Gasteiger charge is -2.44. The maximum absolute atomic E-state index is 14.3. The normalized spacial score (nSPS) is 24.0. The van der Waals surface area contributed by atoms with Gasteiger partial charge in [0, 0.05) is 28.6 Å². The number of rotatable bonds is 9. The van der Waals surface area contributed by atoms with Crippen molar-refractivity contribution in [3.8, 4) is 0 Å². The summed E-state index contributed by atoms with van der Waals surface area (Å²) in [6.07, 6.45) is -6.29. The molecule has 1 aliphatic rings. The molecule has 0 bridgehead atoms. The van der Waals surface area contributed by atoms with Crippen molar-refractivity contribution in [2.45, 2.75) is 58.1 Å². The van der Waals surface area contributed by atoms with Crippen molar-refractivity contribution in [2.24, 2.45) is 0 Å². The van der Waals surface area contributed by atoms with Gasteiger partial charge in [-0.3, -0.25) is 14.4 Å². The third-order valence-corrected chi connectivity index (χ3v) is 6.13. The lowest BCUT2D eigenvalue weighted by molar-refractivity contribution is -0.293. The van der Waals surface area contributed by atoms with Gasteiger partial charge >= 0.3 is 23.5 Å². The Bertz CT molecular complexity index is 1250. The highest BCUT2D eigenvalue weighted by Crippen LogP contribution is 2.45. The van der Waals surface area contributed by atoms with E-state index in [0.29, 0.717) is 0 Å². The van der Waals surface area contributed by atoms with Crippen LogP contribution >= 0.6 is 16.8 Å². The summed E-state index contributed by atoms with van der Waals surface area (Å²) in [5, 5.41) is -0.295. The molecule has 208 valence electrons. The second-order valence-corrected chi connectivity index (χ2v) is 11.7. The van der Waals surface area contributed by atoms with Gasteiger partial charge in [0.2, 0.25) is 6.29 Å². The minimum absolute atomic E-state index is 0.175. The molecule has 2 aromatic rings. The van der Waals surface area contributed by atoms with Crippen molar-refractivity contribution in [1.29, 1.82) is 0 Å². The predicted molar refractivity (Wildman–Crippen MR) is 131 cm³/mol. The molecule has 1 aromatic carbocycles. The highest BCUT2D eigenvalue weighted by atomic mass is 32.0. The van der Waals surface area contributed by atoms with Gasteiger partial charge in [0.15, 0.2) is 23.8 Å². The van der Waals surface area contributed by atoms with Crippen LogP contribution in [0.5, 0.6) is 0 Å². The molecule has 7 atom stereocenters. The standard InChI is InChI=1S/C23H26F2O11P2/c1-10(26)30-9-17-19(32-11(2)27)20(21(33-12(3)28)23(35-17)36-38(4)37)31-8-13-7-14-16(34-22(13)29)6-5-15(24)18(14)25/h5-7,17,19-21,23H,8-9,37H2,1-4H3/t17?,19-,20-,21?,23-,38?/m0/s1. The van der Waals surface area contributed by atoms with Crippen LogP contribution in [-0.4, -0.2) is 61.9 Å². The fourth-order valence-corrected chi connectivity index (χ4v) is 4.62. The fraction of sp³-hybridized carbons (Fsp3) is 0.478. The summed E-state index contributed by atoms with van der Waals surface area (Å²) in [5.41, 5.74) is -1.27. The van der Waals surface area contributed by atoms with E-state index in [1.54, 1.807) is 6.66 Å². The van der Waals surface area contributed by atoms with Crippen molar-refractivity contribution in [2.75, 3.05) is 13.3 Å². The van der Waals surface area contributed by atoms with Crippen LogP contribution in [0.4, 0.5) is 8.78 Å². The van der Waals surface area contributed by atoms with Crippen molar-refractivity contribution in [3.05, 3.63) is 45.8 Å². The molecule has 15 heteroatoms. The van der Waals surface area contributed by atoms with Gasteiger partial charge in [-0.25, -0.2) is 13.6 Å². The second-order valence-electron chi connectivity index (χ2n) is 8.25. The van der Waals surface area contributed by atoms with Crippen molar-refractivity contribution >= 4 is 45.6 Å². The summed E-state index contributed by atoms with van der Waals surface area (Å²) in [5.74, 6) is -4.51. The first-order chi connectivity index (χ1) is 17.9. The van der Waals surface area contributed by atoms with Gasteiger partial charge in [-0.1, -0.05) is 8.93 Å². The van der Waals surface area contributed by atoms with Crippen molar-refractivity contribution < 1.29 is 55.8 Å². The van der Waals surface area contributed by atoms with Crippen LogP contribution in [0.1, 0.15) is 26.3 Å². The van der Waals surface area contributed by atoms with Gasteiger partial charge in [0.1, 0.15) is 24.4 Å². The van der Waals surface area contributed by atoms with Gasteiger partial charge in [0.05, 0.1) is 17.6 Å². The van der Waals surface area contributed by atoms with Gasteiger partial charge < -0.3 is 32.6 Å². The van der Waals surface area contributed by atoms with Crippen LogP contribution in [0.3, 0.4) is 0 Å². The number of carbonyl (C=O) groups is 3. The Kier molecular flexibility index (Phi) is 10.3. The summed E-state index contributed by atoms with van der Waals surface area (Å²) in [6, 6.07) is 3.00. The third-order valence-electron chi connectivity index (χ3n) is 5.22. The van der Waals surface area contributed by atoms with Crippen molar-refractivity contribution in [1.82, 2.24) is 0 Å². The van der Waals surface area contributed by atoms with Crippen LogP contribution in [0, 0.1) is 11.6 Å². The number of benzene rings is 1. The van der Waals surface area contributed by atoms with Crippen LogP contribution < -0.4 is 5.63 Å². The van der Waals surface area contributed by atoms with Gasteiger partial charge in [-0.2, -0.15) is 0 Å². The van der Waals surface area contributed by atoms with E-state index in [4.69, 9.17) is 32.6 Å². The fourth-order valence-electron chi connectivity index (χ4n) is 3.76. The minimum atomic E-state index is -1.31. The average molecular weight is 578 g/mol. The Morgan fingerprint density at radius 1 is 1.03 bits per heavy atom. The topological polar surface area (TPSA) is 137 Å². The van der Waals surface area contributed by atoms with E-state index in [9.17, 15) is 28.0 Å². The highest BCUT2D eigenvalue weighted by molar-refractivity contribution is 8.10. The van der Waals surface area contributed by atoms with E-state index in [0.717, 1.165) is 32.0 Å². The molecule has 0 saturated carbocycles. The minimum Gasteiger partial charge on any atom is -0.463 e. The van der Waals surface area contributed by atoms with E-state index in [2.05, 4.69) is 8.93 Å². The van der Waals surface area contributed by atoms with E-state index < -0.39 is 80.3 Å². The lowest BCUT2D eigenvalue weighted by atomic mass is 9.98. The van der Waals surface area contributed by atoms with E-state index in [-0.39, 0.29) is 23.1 Å². The van der Waals surface area contributed by atoms with E-state index >= 15 is 0 Å². The number of esters is 3. The number of ether oxygens (including phenoxy) is 5. The molecule has 1 aliphatic heterocycles. The van der Waals surface area contributed by atoms with Crippen LogP contribution in [-0.2, 0) is 49.2 Å². The molecule has 1 fully saturated rings. The lowest BCUT2D eigenvalue weighted by Crippen LogP contribution is -2.62. The molecule has 3 rings (SSSR count). The smallest absolute Gasteiger partial charge is 0.341 e. The van der Waals surface area contributed by atoms with Gasteiger partial charge in [-0.05, 0) is 24.9 Å². The van der Waals surface area contributed by atoms with Crippen LogP contribution in [0.15, 0.2) is 27.4 Å². The number of fused-ring (bicyclic) bond motifs is 1. The number of hydrogen-bond donors (Lipinski definition) is 0. The molecule has 2 heterocycles. The van der Waals surface area contributed by atoms with Crippen LogP contribution in [0.25, 0.3) is 11.0 Å². The molecule has 0 N–H and O–H groups in total. The first-order valence-corrected chi connectivity index (χ1v) is 14.5. The van der Waals surface area contributed by atoms with Crippen LogP contribution in [0.2, 0.25) is 0 Å². The summed E-state index contributed by atoms with van der Waals surface area (Å²) in [7, 11) is 1.27. The first-order valence-electron chi connectivity index (χ1n) is 11.2. The Balaban J connectivity index is 2.02. The summed E-state index contributed by atoms with van der Waals surface area (Å²) >= 11 is 0. The first kappa shape index (κ1) is 30.0. The Hall–Kier alpha value is -2.56. The predicted octanol–water partition coefficient (Wildman–Crippen LogP) is 2.94. The average Bonchev–Trinajstić information content (AvgIpc) is 2.81. The number of halogens is 2. The zero-order valence-electron chi connectivity index (χ0n) is 20.8. The number of hydrogen-bond acceptors (Lipinski definition) is 11. The second kappa shape index (κ2) is 13.0. The molecule has 4 unspecified atom stereocenters. The molecule has 0 radical (unpaired) electrons. The number of carbonyl (C=O) groups excluding carboxylic acids is 3. The SMILES string of the molecule is CC(=O)OCC1O[C@@H](OP(C)P)C(OC(C)=O)[C@@H](OCc2cc3c(F)c(F)ccc3oc2=O)[C@H]1OC(C)=O. The molecular formula is C23H26F2O11P2. The Labute approximate surface area is 218 Å². The third kappa shape index (κ3) is 7.51. The molecule has 1 saturated heterocycles. The molecule has 11 nitrogen and oxygen atoms in total. The quantitative estimate of drug-likeness (QED) is 0.188. The Morgan fingerprint density at radius 2 is 1.68 bits per heavy atom. The zero-order valence-corrected chi connectivity index (χ0v) is 22.9. The molecule has 0 amide bonds. The molecule has 0 aliphatic carbocycles.